The standard InChI is InChI=1S/C21H21NO/c1-21(2,23)18-8-4-3-7-16(18)15-11-10-14-6-5-9-19-20(14)17(15)12-13-22-19/h3,5-7,9-13,22-23H,4,8H2,1-2H3. The van der Waals surface area contributed by atoms with E-state index >= 15 is 0 Å². The monoisotopic (exact) mass is 303 g/mol. The van der Waals surface area contributed by atoms with Gasteiger partial charge in [-0.25, -0.2) is 0 Å². The predicted molar refractivity (Wildman–Crippen MR) is 98.2 cm³/mol. The van der Waals surface area contributed by atoms with Crippen LogP contribution < -0.4 is 5.32 Å². The summed E-state index contributed by atoms with van der Waals surface area (Å²) in [5.41, 5.74) is 5.09. The lowest BCUT2D eigenvalue weighted by atomic mass is 9.81. The van der Waals surface area contributed by atoms with Gasteiger partial charge < -0.3 is 10.4 Å². The van der Waals surface area contributed by atoms with Gasteiger partial charge in [0.2, 0.25) is 0 Å². The van der Waals surface area contributed by atoms with Crippen molar-refractivity contribution in [2.24, 2.45) is 0 Å². The van der Waals surface area contributed by atoms with Crippen LogP contribution in [-0.4, -0.2) is 10.7 Å². The third-order valence-corrected chi connectivity index (χ3v) is 4.77. The number of benzene rings is 2. The highest BCUT2D eigenvalue weighted by molar-refractivity contribution is 6.06. The highest BCUT2D eigenvalue weighted by Gasteiger charge is 2.25. The molecule has 0 aromatic heterocycles. The lowest BCUT2D eigenvalue weighted by molar-refractivity contribution is 0.116. The molecule has 1 aliphatic heterocycles. The maximum absolute atomic E-state index is 10.6. The van der Waals surface area contributed by atoms with Crippen LogP contribution in [0.25, 0.3) is 22.4 Å². The van der Waals surface area contributed by atoms with Gasteiger partial charge in [-0.05, 0) is 66.5 Å². The van der Waals surface area contributed by atoms with E-state index in [9.17, 15) is 5.11 Å². The molecule has 2 heteroatoms. The second-order valence-corrected chi connectivity index (χ2v) is 6.80. The number of aliphatic hydroxyl groups is 1. The Kier molecular flexibility index (Phi) is 3.17. The van der Waals surface area contributed by atoms with Crippen molar-refractivity contribution < 1.29 is 5.11 Å². The van der Waals surface area contributed by atoms with Crippen molar-refractivity contribution in [1.29, 1.82) is 0 Å². The summed E-state index contributed by atoms with van der Waals surface area (Å²) < 4.78 is 0. The van der Waals surface area contributed by atoms with Crippen molar-refractivity contribution >= 4 is 28.1 Å². The smallest absolute Gasteiger partial charge is 0.0809 e. The Labute approximate surface area is 136 Å². The van der Waals surface area contributed by atoms with E-state index in [1.54, 1.807) is 0 Å². The van der Waals surface area contributed by atoms with Gasteiger partial charge in [0.25, 0.3) is 0 Å². The van der Waals surface area contributed by atoms with E-state index in [0.29, 0.717) is 0 Å². The quantitative estimate of drug-likeness (QED) is 0.808. The van der Waals surface area contributed by atoms with E-state index in [-0.39, 0.29) is 0 Å². The van der Waals surface area contributed by atoms with Crippen molar-refractivity contribution in [3.8, 4) is 0 Å². The summed E-state index contributed by atoms with van der Waals surface area (Å²) in [7, 11) is 0. The van der Waals surface area contributed by atoms with E-state index in [4.69, 9.17) is 0 Å². The normalized spacial score (nSPS) is 16.8. The molecule has 4 rings (SSSR count). The summed E-state index contributed by atoms with van der Waals surface area (Å²) >= 11 is 0. The third-order valence-electron chi connectivity index (χ3n) is 4.77. The molecule has 0 amide bonds. The summed E-state index contributed by atoms with van der Waals surface area (Å²) in [6, 6.07) is 10.7. The molecule has 23 heavy (non-hydrogen) atoms. The zero-order valence-corrected chi connectivity index (χ0v) is 13.6. The number of hydrogen-bond acceptors (Lipinski definition) is 2. The van der Waals surface area contributed by atoms with Crippen molar-refractivity contribution in [1.82, 2.24) is 0 Å². The zero-order valence-electron chi connectivity index (χ0n) is 13.6. The summed E-state index contributed by atoms with van der Waals surface area (Å²) in [5.74, 6) is 0. The first-order valence-corrected chi connectivity index (χ1v) is 8.17. The van der Waals surface area contributed by atoms with Crippen LogP contribution in [0.1, 0.15) is 37.8 Å². The summed E-state index contributed by atoms with van der Waals surface area (Å²) in [5, 5.41) is 16.4. The molecular formula is C21H21NO. The number of allylic oxidation sites excluding steroid dienone is 3. The van der Waals surface area contributed by atoms with Gasteiger partial charge in [-0.3, -0.25) is 0 Å². The minimum absolute atomic E-state index is 0.794. The van der Waals surface area contributed by atoms with Crippen molar-refractivity contribution in [3.05, 3.63) is 65.4 Å². The van der Waals surface area contributed by atoms with Gasteiger partial charge >= 0.3 is 0 Å². The van der Waals surface area contributed by atoms with Crippen LogP contribution in [0, 0.1) is 0 Å². The van der Waals surface area contributed by atoms with E-state index in [0.717, 1.165) is 24.1 Å². The Morgan fingerprint density at radius 1 is 1.09 bits per heavy atom. The highest BCUT2D eigenvalue weighted by atomic mass is 16.3. The van der Waals surface area contributed by atoms with Gasteiger partial charge in [0.1, 0.15) is 0 Å². The molecule has 2 nitrogen and oxygen atoms in total. The summed E-state index contributed by atoms with van der Waals surface area (Å²) in [6.45, 7) is 3.77. The fourth-order valence-corrected chi connectivity index (χ4v) is 3.70. The van der Waals surface area contributed by atoms with Crippen LogP contribution in [0.5, 0.6) is 0 Å². The van der Waals surface area contributed by atoms with Crippen LogP contribution in [0.2, 0.25) is 0 Å². The van der Waals surface area contributed by atoms with E-state index in [1.165, 1.54) is 27.5 Å². The van der Waals surface area contributed by atoms with Crippen LogP contribution >= 0.6 is 0 Å². The molecule has 0 saturated carbocycles. The van der Waals surface area contributed by atoms with Gasteiger partial charge in [-0.2, -0.15) is 0 Å². The van der Waals surface area contributed by atoms with Gasteiger partial charge in [0.05, 0.1) is 5.60 Å². The summed E-state index contributed by atoms with van der Waals surface area (Å²) in [4.78, 5) is 0. The van der Waals surface area contributed by atoms with Gasteiger partial charge in [0.15, 0.2) is 0 Å². The number of rotatable bonds is 2. The minimum Gasteiger partial charge on any atom is -0.386 e. The molecule has 2 aromatic rings. The number of hydrogen-bond donors (Lipinski definition) is 2. The van der Waals surface area contributed by atoms with Crippen LogP contribution in [0.3, 0.4) is 0 Å². The SMILES string of the molecule is CC(C)(O)C1=C(c2ccc3cccc4c3c2C=CN4)C=CCC1. The Balaban J connectivity index is 2.04. The van der Waals surface area contributed by atoms with E-state index < -0.39 is 5.60 Å². The average molecular weight is 303 g/mol. The summed E-state index contributed by atoms with van der Waals surface area (Å²) in [6.07, 6.45) is 10.4. The van der Waals surface area contributed by atoms with Gasteiger partial charge in [-0.15, -0.1) is 0 Å². The van der Waals surface area contributed by atoms with Crippen LogP contribution in [0.15, 0.2) is 54.3 Å². The lowest BCUT2D eigenvalue weighted by Crippen LogP contribution is -2.24. The average Bonchev–Trinajstić information content (AvgIpc) is 2.55. The zero-order chi connectivity index (χ0) is 16.0. The second kappa shape index (κ2) is 5.10. The fraction of sp³-hybridized carbons (Fsp3) is 0.238. The molecule has 1 aliphatic carbocycles. The highest BCUT2D eigenvalue weighted by Crippen LogP contribution is 2.40. The van der Waals surface area contributed by atoms with Crippen LogP contribution in [0.4, 0.5) is 5.69 Å². The largest absolute Gasteiger partial charge is 0.386 e. The Hall–Kier alpha value is -2.32. The predicted octanol–water partition coefficient (Wildman–Crippen LogP) is 5.11. The molecule has 1 heterocycles. The molecule has 0 saturated heterocycles. The molecule has 0 unspecified atom stereocenters. The molecular weight excluding hydrogens is 282 g/mol. The molecule has 0 spiro atoms. The molecule has 0 fully saturated rings. The molecule has 0 atom stereocenters. The lowest BCUT2D eigenvalue weighted by Gasteiger charge is -2.28. The maximum Gasteiger partial charge on any atom is 0.0809 e. The molecule has 2 aromatic carbocycles. The molecule has 2 aliphatic rings. The molecule has 116 valence electrons. The van der Waals surface area contributed by atoms with Gasteiger partial charge in [0, 0.05) is 17.3 Å². The minimum atomic E-state index is -0.794. The second-order valence-electron chi connectivity index (χ2n) is 6.80. The first kappa shape index (κ1) is 14.3. The molecule has 0 bridgehead atoms. The van der Waals surface area contributed by atoms with Crippen molar-refractivity contribution in [2.75, 3.05) is 5.32 Å². The van der Waals surface area contributed by atoms with Crippen LogP contribution in [-0.2, 0) is 0 Å². The van der Waals surface area contributed by atoms with E-state index in [1.807, 2.05) is 20.0 Å². The third kappa shape index (κ3) is 2.30. The Morgan fingerprint density at radius 3 is 2.78 bits per heavy atom. The first-order chi connectivity index (χ1) is 11.1. The van der Waals surface area contributed by atoms with Crippen molar-refractivity contribution in [2.45, 2.75) is 32.3 Å². The van der Waals surface area contributed by atoms with Gasteiger partial charge in [-0.1, -0.05) is 36.4 Å². The topological polar surface area (TPSA) is 32.3 Å². The fourth-order valence-electron chi connectivity index (χ4n) is 3.70. The number of nitrogens with one attached hydrogen (secondary N) is 1. The van der Waals surface area contributed by atoms with E-state index in [2.05, 4.69) is 53.9 Å². The van der Waals surface area contributed by atoms with Crippen molar-refractivity contribution in [3.63, 3.8) is 0 Å². The maximum atomic E-state index is 10.6. The number of anilines is 1. The Bertz CT molecular complexity index is 879. The molecule has 0 radical (unpaired) electrons. The first-order valence-electron chi connectivity index (χ1n) is 8.17. The molecule has 2 N–H and O–H groups in total. The Morgan fingerprint density at radius 2 is 1.96 bits per heavy atom.